The minimum absolute atomic E-state index is 0.00932. The fourth-order valence-electron chi connectivity index (χ4n) is 4.37. The van der Waals surface area contributed by atoms with Gasteiger partial charge in [0.05, 0.1) is 11.6 Å². The molecule has 0 unspecified atom stereocenters. The Morgan fingerprint density at radius 1 is 1.00 bits per heavy atom. The van der Waals surface area contributed by atoms with Crippen LogP contribution in [0.15, 0.2) is 36.4 Å². The van der Waals surface area contributed by atoms with Crippen LogP contribution in [0.2, 0.25) is 0 Å². The maximum Gasteiger partial charge on any atom is 0.569 e. The molecule has 0 saturated heterocycles. The molecule has 1 radical (unpaired) electrons. The summed E-state index contributed by atoms with van der Waals surface area (Å²) in [5.74, 6) is 0.657. The summed E-state index contributed by atoms with van der Waals surface area (Å²) in [5, 5.41) is 18.2. The van der Waals surface area contributed by atoms with Gasteiger partial charge in [0.1, 0.15) is 5.75 Å². The zero-order valence-electron chi connectivity index (χ0n) is 12.9. The van der Waals surface area contributed by atoms with Gasteiger partial charge in [-0.1, -0.05) is 31.4 Å². The Hall–Kier alpha value is -2.25. The molecule has 2 aliphatic rings. The van der Waals surface area contributed by atoms with Crippen molar-refractivity contribution in [3.05, 3.63) is 53.1 Å². The minimum Gasteiger partial charge on any atom is -0.537 e. The van der Waals surface area contributed by atoms with Gasteiger partial charge in [0, 0.05) is 5.41 Å². The molecule has 0 amide bonds. The van der Waals surface area contributed by atoms with Crippen LogP contribution < -0.4 is 4.65 Å². The first-order valence-electron chi connectivity index (χ1n) is 8.10. The molecule has 3 nitrogen and oxygen atoms in total. The van der Waals surface area contributed by atoms with Crippen molar-refractivity contribution in [2.75, 3.05) is 0 Å². The first-order chi connectivity index (χ1) is 11.3. The van der Waals surface area contributed by atoms with E-state index in [-0.39, 0.29) is 5.41 Å². The van der Waals surface area contributed by atoms with Crippen molar-refractivity contribution in [2.24, 2.45) is 0 Å². The van der Waals surface area contributed by atoms with Crippen LogP contribution in [-0.2, 0) is 5.41 Å². The first-order valence-corrected chi connectivity index (χ1v) is 8.10. The lowest BCUT2D eigenvalue weighted by Crippen LogP contribution is -2.28. The van der Waals surface area contributed by atoms with E-state index >= 15 is 0 Å². The summed E-state index contributed by atoms with van der Waals surface area (Å²) < 4.78 is 5.19. The van der Waals surface area contributed by atoms with Crippen molar-refractivity contribution in [1.29, 1.82) is 5.26 Å². The van der Waals surface area contributed by atoms with E-state index in [2.05, 4.69) is 30.3 Å². The molecule has 0 heterocycles. The zero-order valence-corrected chi connectivity index (χ0v) is 12.9. The van der Waals surface area contributed by atoms with Crippen LogP contribution in [0.4, 0.5) is 0 Å². The van der Waals surface area contributed by atoms with Gasteiger partial charge in [0.25, 0.3) is 0 Å². The van der Waals surface area contributed by atoms with Gasteiger partial charge in [0.15, 0.2) is 0 Å². The van der Waals surface area contributed by atoms with E-state index in [0.29, 0.717) is 5.75 Å². The predicted octanol–water partition coefficient (Wildman–Crippen LogP) is 3.69. The molecule has 0 aliphatic heterocycles. The van der Waals surface area contributed by atoms with Gasteiger partial charge in [-0.3, -0.25) is 0 Å². The fraction of sp³-hybridized carbons (Fsp3) is 0.316. The normalized spacial score (nSPS) is 17.2. The van der Waals surface area contributed by atoms with Gasteiger partial charge < -0.3 is 9.68 Å². The van der Waals surface area contributed by atoms with Crippen LogP contribution in [0.1, 0.15) is 48.8 Å². The minimum atomic E-state index is -0.00932. The summed E-state index contributed by atoms with van der Waals surface area (Å²) in [6.07, 6.45) is 5.88. The molecule has 0 atom stereocenters. The second-order valence-corrected chi connectivity index (χ2v) is 6.45. The summed E-state index contributed by atoms with van der Waals surface area (Å²) in [6, 6.07) is 14.3. The lowest BCUT2D eigenvalue weighted by molar-refractivity contribution is 0.352. The average Bonchev–Trinajstić information content (AvgIpc) is 2.85. The van der Waals surface area contributed by atoms with Crippen LogP contribution in [0, 0.1) is 11.3 Å². The van der Waals surface area contributed by atoms with Gasteiger partial charge in [-0.25, -0.2) is 0 Å². The third-order valence-corrected chi connectivity index (χ3v) is 5.36. The van der Waals surface area contributed by atoms with E-state index in [0.717, 1.165) is 26.1 Å². The van der Waals surface area contributed by atoms with Crippen molar-refractivity contribution in [1.82, 2.24) is 0 Å². The Kier molecular flexibility index (Phi) is 3.39. The number of nitriles is 1. The van der Waals surface area contributed by atoms with E-state index in [1.54, 1.807) is 0 Å². The topological polar surface area (TPSA) is 53.2 Å². The van der Waals surface area contributed by atoms with Crippen LogP contribution in [0.3, 0.4) is 0 Å². The highest BCUT2D eigenvalue weighted by Gasteiger charge is 2.44. The quantitative estimate of drug-likeness (QED) is 0.861. The van der Waals surface area contributed by atoms with E-state index in [1.165, 1.54) is 41.5 Å². The third-order valence-electron chi connectivity index (χ3n) is 5.36. The third kappa shape index (κ3) is 2.08. The molecule has 1 spiro atoms. The molecule has 4 heteroatoms. The Bertz CT molecular complexity index is 804. The SMILES string of the molecule is N#Cc1ccc2c(c1)C1(CCCCC1)c1cc(O[B]O)ccc1-2. The number of benzene rings is 2. The van der Waals surface area contributed by atoms with Crippen molar-refractivity contribution in [3.8, 4) is 22.9 Å². The van der Waals surface area contributed by atoms with E-state index < -0.39 is 0 Å². The van der Waals surface area contributed by atoms with Gasteiger partial charge in [-0.15, -0.1) is 0 Å². The van der Waals surface area contributed by atoms with Crippen molar-refractivity contribution in [2.45, 2.75) is 37.5 Å². The molecule has 0 aromatic heterocycles. The van der Waals surface area contributed by atoms with Gasteiger partial charge in [0.2, 0.25) is 0 Å². The molecule has 0 bridgehead atoms. The molecule has 1 saturated carbocycles. The van der Waals surface area contributed by atoms with Crippen LogP contribution in [0.25, 0.3) is 11.1 Å². The Morgan fingerprint density at radius 3 is 2.39 bits per heavy atom. The zero-order chi connectivity index (χ0) is 15.9. The summed E-state index contributed by atoms with van der Waals surface area (Å²) in [6.45, 7) is 0. The number of hydrogen-bond acceptors (Lipinski definition) is 3. The lowest BCUT2D eigenvalue weighted by Gasteiger charge is -2.36. The molecular formula is C19H17BNO2. The molecule has 1 N–H and O–H groups in total. The molecule has 4 rings (SSSR count). The van der Waals surface area contributed by atoms with Crippen molar-refractivity contribution < 1.29 is 9.68 Å². The summed E-state index contributed by atoms with van der Waals surface area (Å²) >= 11 is 0. The van der Waals surface area contributed by atoms with E-state index in [4.69, 9.17) is 9.68 Å². The predicted molar refractivity (Wildman–Crippen MR) is 89.1 cm³/mol. The van der Waals surface area contributed by atoms with Gasteiger partial charge in [-0.05, 0) is 59.4 Å². The second kappa shape index (κ2) is 5.44. The summed E-state index contributed by atoms with van der Waals surface area (Å²) in [4.78, 5) is 0. The van der Waals surface area contributed by atoms with Crippen LogP contribution >= 0.6 is 0 Å². The average molecular weight is 302 g/mol. The number of nitrogens with zero attached hydrogens (tertiary/aromatic N) is 1. The van der Waals surface area contributed by atoms with Crippen molar-refractivity contribution >= 4 is 7.69 Å². The number of hydrogen-bond donors (Lipinski definition) is 1. The monoisotopic (exact) mass is 302 g/mol. The van der Waals surface area contributed by atoms with E-state index in [9.17, 15) is 5.26 Å². The number of rotatable bonds is 2. The second-order valence-electron chi connectivity index (χ2n) is 6.45. The smallest absolute Gasteiger partial charge is 0.537 e. The molecule has 23 heavy (non-hydrogen) atoms. The first kappa shape index (κ1) is 14.4. The standard InChI is InChI=1S/C19H17BNO2/c21-12-13-4-6-15-16-7-5-14(23-20-22)11-18(16)19(17(15)10-13)8-2-1-3-9-19/h4-7,10-11,22H,1-3,8-9H2. The molecule has 113 valence electrons. The maximum absolute atomic E-state index is 9.28. The molecule has 2 aromatic carbocycles. The highest BCUT2D eigenvalue weighted by atomic mass is 16.5. The van der Waals surface area contributed by atoms with Crippen LogP contribution in [0.5, 0.6) is 5.75 Å². The summed E-state index contributed by atoms with van der Waals surface area (Å²) in [5.41, 5.74) is 5.75. The number of fused-ring (bicyclic) bond motifs is 5. The lowest BCUT2D eigenvalue weighted by atomic mass is 9.67. The van der Waals surface area contributed by atoms with Gasteiger partial charge >= 0.3 is 7.69 Å². The fourth-order valence-corrected chi connectivity index (χ4v) is 4.37. The Labute approximate surface area is 136 Å². The highest BCUT2D eigenvalue weighted by molar-refractivity contribution is 6.17. The Morgan fingerprint density at radius 2 is 1.70 bits per heavy atom. The van der Waals surface area contributed by atoms with Crippen molar-refractivity contribution in [3.63, 3.8) is 0 Å². The highest BCUT2D eigenvalue weighted by Crippen LogP contribution is 2.56. The Balaban J connectivity index is 1.95. The van der Waals surface area contributed by atoms with Gasteiger partial charge in [-0.2, -0.15) is 5.26 Å². The summed E-state index contributed by atoms with van der Waals surface area (Å²) in [7, 11) is 0.727. The maximum atomic E-state index is 9.28. The molecule has 1 fully saturated rings. The molecule has 2 aliphatic carbocycles. The largest absolute Gasteiger partial charge is 0.569 e. The van der Waals surface area contributed by atoms with E-state index in [1.807, 2.05) is 12.1 Å². The van der Waals surface area contributed by atoms with Crippen LogP contribution in [-0.4, -0.2) is 12.7 Å². The molecular weight excluding hydrogens is 285 g/mol. The molecule has 2 aromatic rings.